The van der Waals surface area contributed by atoms with Gasteiger partial charge in [0.1, 0.15) is 10.8 Å². The van der Waals surface area contributed by atoms with Crippen LogP contribution in [0.4, 0.5) is 4.39 Å². The molecule has 0 saturated carbocycles. The van der Waals surface area contributed by atoms with Gasteiger partial charge in [0.05, 0.1) is 17.5 Å². The quantitative estimate of drug-likeness (QED) is 0.704. The fourth-order valence-corrected chi connectivity index (χ4v) is 3.09. The summed E-state index contributed by atoms with van der Waals surface area (Å²) in [4.78, 5) is 15.1. The number of nitrogens with one attached hydrogen (secondary N) is 2. The third kappa shape index (κ3) is 3.29. The summed E-state index contributed by atoms with van der Waals surface area (Å²) in [5.74, 6) is -0.0651. The molecule has 120 valence electrons. The Morgan fingerprint density at radius 1 is 1.43 bits per heavy atom. The molecule has 3 aromatic rings. The molecule has 7 heteroatoms. The third-order valence-electron chi connectivity index (χ3n) is 3.71. The molecule has 0 fully saturated rings. The van der Waals surface area contributed by atoms with E-state index in [4.69, 9.17) is 0 Å². The van der Waals surface area contributed by atoms with E-state index in [0.29, 0.717) is 5.03 Å². The number of carbonyl (C=O) groups is 1. The molecule has 23 heavy (non-hydrogen) atoms. The molecular formula is C16H17FN4OS. The van der Waals surface area contributed by atoms with Crippen molar-refractivity contribution < 1.29 is 9.18 Å². The first-order valence-electron chi connectivity index (χ1n) is 7.43. The fraction of sp³-hybridized carbons (Fsp3) is 0.312. The maximum atomic E-state index is 13.4. The number of thioether (sulfide) groups is 1. The van der Waals surface area contributed by atoms with Crippen molar-refractivity contribution in [2.75, 3.05) is 5.75 Å². The van der Waals surface area contributed by atoms with Crippen molar-refractivity contribution >= 4 is 39.5 Å². The van der Waals surface area contributed by atoms with Crippen molar-refractivity contribution in [1.29, 1.82) is 0 Å². The van der Waals surface area contributed by atoms with E-state index in [1.165, 1.54) is 23.9 Å². The second kappa shape index (κ2) is 6.54. The van der Waals surface area contributed by atoms with Crippen molar-refractivity contribution in [3.8, 4) is 0 Å². The molecule has 0 aliphatic heterocycles. The van der Waals surface area contributed by atoms with E-state index in [-0.39, 0.29) is 23.5 Å². The standard InChI is InChI=1S/C16H17FN4OS/c1-3-9(2)19-14(22)8-23-16-15-12(7-18-21-16)11-6-10(17)4-5-13(11)20-15/h4-7,9,20H,3,8H2,1-2H3,(H,19,22)/t9-/m0/s1. The predicted octanol–water partition coefficient (Wildman–Crippen LogP) is 3.26. The highest BCUT2D eigenvalue weighted by molar-refractivity contribution is 8.00. The molecule has 0 aliphatic rings. The number of nitrogens with zero attached hydrogens (tertiary/aromatic N) is 2. The average molecular weight is 332 g/mol. The van der Waals surface area contributed by atoms with E-state index in [1.807, 2.05) is 13.8 Å². The number of hydrogen-bond donors (Lipinski definition) is 2. The summed E-state index contributed by atoms with van der Waals surface area (Å²) in [7, 11) is 0. The monoisotopic (exact) mass is 332 g/mol. The molecule has 2 aromatic heterocycles. The van der Waals surface area contributed by atoms with Crippen molar-refractivity contribution in [3.63, 3.8) is 0 Å². The van der Waals surface area contributed by atoms with Crippen LogP contribution < -0.4 is 5.32 Å². The highest BCUT2D eigenvalue weighted by Gasteiger charge is 2.13. The summed E-state index contributed by atoms with van der Waals surface area (Å²) in [6.07, 6.45) is 2.50. The minimum Gasteiger partial charge on any atom is -0.353 e. The highest BCUT2D eigenvalue weighted by Crippen LogP contribution is 2.30. The van der Waals surface area contributed by atoms with Gasteiger partial charge in [0.2, 0.25) is 5.91 Å². The summed E-state index contributed by atoms with van der Waals surface area (Å²) in [5, 5.41) is 13.2. The molecule has 2 heterocycles. The lowest BCUT2D eigenvalue weighted by Gasteiger charge is -2.10. The van der Waals surface area contributed by atoms with E-state index < -0.39 is 0 Å². The minimum absolute atomic E-state index is 0.0368. The Hall–Kier alpha value is -2.15. The molecule has 0 bridgehead atoms. The smallest absolute Gasteiger partial charge is 0.230 e. The maximum Gasteiger partial charge on any atom is 0.230 e. The van der Waals surface area contributed by atoms with E-state index in [0.717, 1.165) is 28.2 Å². The first kappa shape index (κ1) is 15.7. The summed E-state index contributed by atoms with van der Waals surface area (Å²) < 4.78 is 13.4. The number of aromatic nitrogens is 3. The lowest BCUT2D eigenvalue weighted by Crippen LogP contribution is -2.33. The zero-order valence-electron chi connectivity index (χ0n) is 12.9. The normalized spacial score (nSPS) is 12.7. The molecule has 1 atom stereocenters. The van der Waals surface area contributed by atoms with E-state index in [9.17, 15) is 9.18 Å². The minimum atomic E-state index is -0.294. The van der Waals surface area contributed by atoms with Crippen molar-refractivity contribution in [3.05, 3.63) is 30.2 Å². The molecular weight excluding hydrogens is 315 g/mol. The number of amides is 1. The van der Waals surface area contributed by atoms with Gasteiger partial charge in [-0.2, -0.15) is 5.10 Å². The van der Waals surface area contributed by atoms with Gasteiger partial charge in [-0.25, -0.2) is 4.39 Å². The van der Waals surface area contributed by atoms with Crippen LogP contribution in [0.15, 0.2) is 29.4 Å². The number of benzene rings is 1. The number of fused-ring (bicyclic) bond motifs is 3. The summed E-state index contributed by atoms with van der Waals surface area (Å²) in [5.41, 5.74) is 1.60. The molecule has 0 aliphatic carbocycles. The second-order valence-corrected chi connectivity index (χ2v) is 6.38. The Morgan fingerprint density at radius 2 is 2.26 bits per heavy atom. The SMILES string of the molecule is CC[C@H](C)NC(=O)CSc1nncc2c1[nH]c1ccc(F)cc12. The topological polar surface area (TPSA) is 70.7 Å². The Bertz CT molecular complexity index is 864. The zero-order valence-corrected chi connectivity index (χ0v) is 13.7. The van der Waals surface area contributed by atoms with Gasteiger partial charge in [-0.1, -0.05) is 18.7 Å². The Labute approximate surface area is 137 Å². The van der Waals surface area contributed by atoms with Crippen LogP contribution in [-0.2, 0) is 4.79 Å². The van der Waals surface area contributed by atoms with Crippen molar-refractivity contribution in [1.82, 2.24) is 20.5 Å². The molecule has 2 N–H and O–H groups in total. The molecule has 3 rings (SSSR count). The van der Waals surface area contributed by atoms with Crippen LogP contribution in [0.3, 0.4) is 0 Å². The largest absolute Gasteiger partial charge is 0.353 e. The van der Waals surface area contributed by atoms with E-state index in [2.05, 4.69) is 20.5 Å². The van der Waals surface area contributed by atoms with Gasteiger partial charge in [0.25, 0.3) is 0 Å². The van der Waals surface area contributed by atoms with Gasteiger partial charge in [-0.15, -0.1) is 5.10 Å². The van der Waals surface area contributed by atoms with Crippen LogP contribution in [-0.4, -0.2) is 32.9 Å². The number of carbonyl (C=O) groups excluding carboxylic acids is 1. The van der Waals surface area contributed by atoms with Crippen LogP contribution in [0.1, 0.15) is 20.3 Å². The van der Waals surface area contributed by atoms with Crippen molar-refractivity contribution in [2.45, 2.75) is 31.3 Å². The third-order valence-corrected chi connectivity index (χ3v) is 4.68. The van der Waals surface area contributed by atoms with Crippen LogP contribution in [0, 0.1) is 5.82 Å². The highest BCUT2D eigenvalue weighted by atomic mass is 32.2. The Kier molecular flexibility index (Phi) is 4.47. The molecule has 1 amide bonds. The molecule has 0 spiro atoms. The van der Waals surface area contributed by atoms with Crippen LogP contribution >= 0.6 is 11.8 Å². The number of H-pyrrole nitrogens is 1. The zero-order chi connectivity index (χ0) is 16.4. The number of aromatic amines is 1. The first-order valence-corrected chi connectivity index (χ1v) is 8.41. The second-order valence-electron chi connectivity index (χ2n) is 5.42. The fourth-order valence-electron chi connectivity index (χ4n) is 2.33. The van der Waals surface area contributed by atoms with Gasteiger partial charge >= 0.3 is 0 Å². The van der Waals surface area contributed by atoms with Gasteiger partial charge < -0.3 is 10.3 Å². The van der Waals surface area contributed by atoms with Gasteiger partial charge in [-0.3, -0.25) is 4.79 Å². The van der Waals surface area contributed by atoms with Gasteiger partial charge in [0.15, 0.2) is 0 Å². The molecule has 0 unspecified atom stereocenters. The van der Waals surface area contributed by atoms with Gasteiger partial charge in [0, 0.05) is 22.3 Å². The Morgan fingerprint density at radius 3 is 3.04 bits per heavy atom. The molecule has 1 aromatic carbocycles. The summed E-state index contributed by atoms with van der Waals surface area (Å²) >= 11 is 1.32. The lowest BCUT2D eigenvalue weighted by atomic mass is 10.2. The molecule has 0 saturated heterocycles. The van der Waals surface area contributed by atoms with Gasteiger partial charge in [-0.05, 0) is 31.5 Å². The van der Waals surface area contributed by atoms with E-state index in [1.54, 1.807) is 12.3 Å². The van der Waals surface area contributed by atoms with Crippen LogP contribution in [0.25, 0.3) is 21.8 Å². The Balaban J connectivity index is 1.87. The molecule has 5 nitrogen and oxygen atoms in total. The number of halogens is 1. The summed E-state index contributed by atoms with van der Waals surface area (Å²) in [6, 6.07) is 4.72. The average Bonchev–Trinajstić information content (AvgIpc) is 2.91. The van der Waals surface area contributed by atoms with Crippen molar-refractivity contribution in [2.24, 2.45) is 0 Å². The van der Waals surface area contributed by atoms with Crippen LogP contribution in [0.2, 0.25) is 0 Å². The predicted molar refractivity (Wildman–Crippen MR) is 90.0 cm³/mol. The molecule has 0 radical (unpaired) electrons. The van der Waals surface area contributed by atoms with Crippen LogP contribution in [0.5, 0.6) is 0 Å². The first-order chi connectivity index (χ1) is 11.1. The maximum absolute atomic E-state index is 13.4. The van der Waals surface area contributed by atoms with E-state index >= 15 is 0 Å². The number of hydrogen-bond acceptors (Lipinski definition) is 4. The summed E-state index contributed by atoms with van der Waals surface area (Å²) in [6.45, 7) is 3.99. The lowest BCUT2D eigenvalue weighted by molar-refractivity contribution is -0.119. The number of rotatable bonds is 5.